The van der Waals surface area contributed by atoms with Crippen LogP contribution in [0.1, 0.15) is 11.1 Å². The summed E-state index contributed by atoms with van der Waals surface area (Å²) in [6.45, 7) is 0.325. The normalized spacial score (nSPS) is 11.5. The fourth-order valence-electron chi connectivity index (χ4n) is 1.69. The third kappa shape index (κ3) is 4.37. The van der Waals surface area contributed by atoms with Crippen LogP contribution in [-0.2, 0) is 12.7 Å². The smallest absolute Gasteiger partial charge is 0.380 e. The zero-order valence-corrected chi connectivity index (χ0v) is 14.4. The van der Waals surface area contributed by atoms with Crippen molar-refractivity contribution in [3.63, 3.8) is 0 Å². The highest BCUT2D eigenvalue weighted by molar-refractivity contribution is 9.10. The number of nitrogens with one attached hydrogen (secondary N) is 1. The average Bonchev–Trinajstić information content (AvgIpc) is 2.38. The van der Waals surface area contributed by atoms with E-state index in [1.807, 2.05) is 6.07 Å². The van der Waals surface area contributed by atoms with E-state index < -0.39 is 11.7 Å². The molecule has 0 unspecified atom stereocenters. The maximum absolute atomic E-state index is 12.7. The maximum atomic E-state index is 12.7. The second kappa shape index (κ2) is 6.58. The lowest BCUT2D eigenvalue weighted by Crippen LogP contribution is -2.07. The summed E-state index contributed by atoms with van der Waals surface area (Å²) < 4.78 is 39.5. The third-order valence-electron chi connectivity index (χ3n) is 2.78. The molecule has 0 atom stereocenters. The molecule has 2 aromatic carbocycles. The van der Waals surface area contributed by atoms with E-state index in [-0.39, 0.29) is 0 Å². The Bertz CT molecular complexity index is 659. The number of hydrogen-bond acceptors (Lipinski definition) is 1. The molecule has 0 amide bonds. The Balaban J connectivity index is 2.19. The zero-order chi connectivity index (χ0) is 15.6. The Morgan fingerprint density at radius 3 is 2.38 bits per heavy atom. The van der Waals surface area contributed by atoms with E-state index in [0.717, 1.165) is 22.2 Å². The fraction of sp³-hybridized carbons (Fsp3) is 0.143. The van der Waals surface area contributed by atoms with Crippen molar-refractivity contribution in [3.05, 3.63) is 61.5 Å². The van der Waals surface area contributed by atoms with Gasteiger partial charge in [0.25, 0.3) is 0 Å². The molecule has 1 nitrogen and oxygen atoms in total. The largest absolute Gasteiger partial charge is 0.416 e. The summed E-state index contributed by atoms with van der Waals surface area (Å²) in [5.74, 6) is 0. The molecule has 0 heterocycles. The van der Waals surface area contributed by atoms with Crippen molar-refractivity contribution < 1.29 is 13.2 Å². The fourth-order valence-corrected chi connectivity index (χ4v) is 2.82. The minimum Gasteiger partial charge on any atom is -0.380 e. The average molecular weight is 443 g/mol. The van der Waals surface area contributed by atoms with Crippen LogP contribution in [-0.4, -0.2) is 0 Å². The van der Waals surface area contributed by atoms with Crippen LogP contribution in [0.15, 0.2) is 45.3 Å². The number of halogens is 6. The van der Waals surface area contributed by atoms with Gasteiger partial charge in [-0.05, 0) is 51.8 Å². The lowest BCUT2D eigenvalue weighted by molar-refractivity contribution is -0.137. The van der Waals surface area contributed by atoms with E-state index in [4.69, 9.17) is 11.6 Å². The minimum atomic E-state index is -4.37. The third-order valence-corrected chi connectivity index (χ3v) is 4.31. The van der Waals surface area contributed by atoms with Crippen molar-refractivity contribution in [2.24, 2.45) is 0 Å². The molecule has 0 aromatic heterocycles. The molecular weight excluding hydrogens is 434 g/mol. The van der Waals surface area contributed by atoms with Gasteiger partial charge in [-0.25, -0.2) is 0 Å². The Kier molecular flexibility index (Phi) is 5.22. The molecule has 0 bridgehead atoms. The van der Waals surface area contributed by atoms with Gasteiger partial charge in [-0.3, -0.25) is 0 Å². The van der Waals surface area contributed by atoms with Crippen LogP contribution >= 0.6 is 43.5 Å². The molecular formula is C14H9Br2ClF3N. The molecule has 2 rings (SSSR count). The highest BCUT2D eigenvalue weighted by atomic mass is 79.9. The van der Waals surface area contributed by atoms with Gasteiger partial charge in [-0.15, -0.1) is 0 Å². The molecule has 0 saturated heterocycles. The number of rotatable bonds is 3. The van der Waals surface area contributed by atoms with Gasteiger partial charge in [0.1, 0.15) is 0 Å². The molecule has 1 N–H and O–H groups in total. The molecule has 0 aliphatic heterocycles. The van der Waals surface area contributed by atoms with Crippen molar-refractivity contribution in [3.8, 4) is 0 Å². The second-order valence-electron chi connectivity index (χ2n) is 4.28. The topological polar surface area (TPSA) is 12.0 Å². The zero-order valence-electron chi connectivity index (χ0n) is 10.4. The molecule has 0 aliphatic rings. The van der Waals surface area contributed by atoms with Crippen LogP contribution in [0.25, 0.3) is 0 Å². The Hall–Kier alpha value is -0.720. The standard InChI is InChI=1S/C14H9Br2ClF3N/c15-10-3-1-8(12(17)6-10)7-21-13-5-9(14(18,19)20)2-4-11(13)16/h1-6,21H,7H2. The first kappa shape index (κ1) is 16.6. The van der Waals surface area contributed by atoms with Gasteiger partial charge >= 0.3 is 6.18 Å². The van der Waals surface area contributed by atoms with Crippen LogP contribution in [0.5, 0.6) is 0 Å². The molecule has 0 radical (unpaired) electrons. The van der Waals surface area contributed by atoms with Crippen LogP contribution < -0.4 is 5.32 Å². The first-order valence-electron chi connectivity index (χ1n) is 5.82. The van der Waals surface area contributed by atoms with Crippen molar-refractivity contribution in [1.29, 1.82) is 0 Å². The van der Waals surface area contributed by atoms with Crippen LogP contribution in [0.4, 0.5) is 18.9 Å². The molecule has 112 valence electrons. The molecule has 0 saturated carbocycles. The molecule has 0 fully saturated rings. The molecule has 2 aromatic rings. The summed E-state index contributed by atoms with van der Waals surface area (Å²) in [5.41, 5.74) is 0.461. The van der Waals surface area contributed by atoms with Gasteiger partial charge in [-0.1, -0.05) is 33.6 Å². The number of benzene rings is 2. The Labute approximate surface area is 141 Å². The first-order valence-corrected chi connectivity index (χ1v) is 7.78. The Morgan fingerprint density at radius 2 is 1.76 bits per heavy atom. The van der Waals surface area contributed by atoms with E-state index in [2.05, 4.69) is 37.2 Å². The van der Waals surface area contributed by atoms with Gasteiger partial charge in [0, 0.05) is 26.2 Å². The van der Waals surface area contributed by atoms with Crippen molar-refractivity contribution >= 4 is 49.1 Å². The van der Waals surface area contributed by atoms with E-state index in [1.54, 1.807) is 12.1 Å². The van der Waals surface area contributed by atoms with Gasteiger partial charge in [0.05, 0.1) is 5.56 Å². The van der Waals surface area contributed by atoms with Crippen molar-refractivity contribution in [2.45, 2.75) is 12.7 Å². The first-order chi connectivity index (χ1) is 9.77. The number of alkyl halides is 3. The summed E-state index contributed by atoms with van der Waals surface area (Å²) >= 11 is 12.6. The lowest BCUT2D eigenvalue weighted by atomic mass is 10.1. The van der Waals surface area contributed by atoms with Crippen molar-refractivity contribution in [2.75, 3.05) is 5.32 Å². The van der Waals surface area contributed by atoms with Gasteiger partial charge in [0.2, 0.25) is 0 Å². The van der Waals surface area contributed by atoms with Gasteiger partial charge < -0.3 is 5.32 Å². The van der Waals surface area contributed by atoms with E-state index in [1.165, 1.54) is 6.07 Å². The van der Waals surface area contributed by atoms with Gasteiger partial charge in [-0.2, -0.15) is 13.2 Å². The van der Waals surface area contributed by atoms with Crippen LogP contribution in [0.3, 0.4) is 0 Å². The molecule has 0 aliphatic carbocycles. The van der Waals surface area contributed by atoms with E-state index in [0.29, 0.717) is 21.7 Å². The monoisotopic (exact) mass is 441 g/mol. The summed E-state index contributed by atoms with van der Waals surface area (Å²) in [4.78, 5) is 0. The Morgan fingerprint density at radius 1 is 1.05 bits per heavy atom. The highest BCUT2D eigenvalue weighted by Gasteiger charge is 2.30. The summed E-state index contributed by atoms with van der Waals surface area (Å²) in [6, 6.07) is 8.83. The molecule has 0 spiro atoms. The predicted octanol–water partition coefficient (Wildman–Crippen LogP) is 6.50. The SMILES string of the molecule is FC(F)(F)c1ccc(Br)c(NCc2ccc(Br)cc2Cl)c1. The van der Waals surface area contributed by atoms with Crippen LogP contribution in [0.2, 0.25) is 5.02 Å². The quantitative estimate of drug-likeness (QED) is 0.571. The number of anilines is 1. The second-order valence-corrected chi connectivity index (χ2v) is 6.46. The van der Waals surface area contributed by atoms with Crippen molar-refractivity contribution in [1.82, 2.24) is 0 Å². The summed E-state index contributed by atoms with van der Waals surface area (Å²) in [7, 11) is 0. The summed E-state index contributed by atoms with van der Waals surface area (Å²) in [6.07, 6.45) is -4.37. The predicted molar refractivity (Wildman–Crippen MR) is 85.6 cm³/mol. The summed E-state index contributed by atoms with van der Waals surface area (Å²) in [5, 5.41) is 3.50. The maximum Gasteiger partial charge on any atom is 0.416 e. The van der Waals surface area contributed by atoms with Crippen LogP contribution in [0, 0.1) is 0 Å². The van der Waals surface area contributed by atoms with Gasteiger partial charge in [0.15, 0.2) is 0 Å². The highest BCUT2D eigenvalue weighted by Crippen LogP contribution is 2.34. The minimum absolute atomic E-state index is 0.325. The van der Waals surface area contributed by atoms with E-state index in [9.17, 15) is 13.2 Å². The molecule has 21 heavy (non-hydrogen) atoms. The lowest BCUT2D eigenvalue weighted by Gasteiger charge is -2.13. The number of hydrogen-bond donors (Lipinski definition) is 1. The molecule has 7 heteroatoms. The van der Waals surface area contributed by atoms with E-state index >= 15 is 0 Å².